The van der Waals surface area contributed by atoms with Crippen LogP contribution in [-0.4, -0.2) is 50.3 Å². The molecular formula is C17H30N6O7. The standard InChI is InChI=1S/C13H20N6O7.C4H10/c14-6(1-3-8(15)20)11-18-9(26-19-11)5-16-13(25)17-7(12(23)24)2-4-10(21)22;1-3-4-2/h6-7H,1-5,14H2,(H2,15,20)(H,21,22)(H,23,24)(H2,16,17,25);3-4H2,1-2H3/t6-,7-;/m0./s1. The molecule has 0 radical (unpaired) electrons. The Balaban J connectivity index is 0.00000192. The first-order valence-corrected chi connectivity index (χ1v) is 9.45. The summed E-state index contributed by atoms with van der Waals surface area (Å²) in [5, 5.41) is 25.6. The van der Waals surface area contributed by atoms with Gasteiger partial charge in [0.2, 0.25) is 11.8 Å². The molecule has 0 aromatic carbocycles. The molecule has 0 aliphatic rings. The maximum atomic E-state index is 11.7. The summed E-state index contributed by atoms with van der Waals surface area (Å²) < 4.78 is 4.88. The number of nitrogens with one attached hydrogen (secondary N) is 2. The Hall–Kier alpha value is -3.22. The van der Waals surface area contributed by atoms with Crippen molar-refractivity contribution in [3.63, 3.8) is 0 Å². The second-order valence-electron chi connectivity index (χ2n) is 6.31. The molecule has 2 atom stereocenters. The predicted octanol–water partition coefficient (Wildman–Crippen LogP) is 0.259. The van der Waals surface area contributed by atoms with Crippen LogP contribution in [0, 0.1) is 0 Å². The normalized spacial score (nSPS) is 12.1. The number of carboxylic acids is 2. The molecule has 1 aromatic heterocycles. The van der Waals surface area contributed by atoms with Gasteiger partial charge in [0.25, 0.3) is 0 Å². The minimum Gasteiger partial charge on any atom is -0.481 e. The predicted molar refractivity (Wildman–Crippen MR) is 104 cm³/mol. The van der Waals surface area contributed by atoms with Crippen molar-refractivity contribution in [2.75, 3.05) is 0 Å². The van der Waals surface area contributed by atoms with Crippen LogP contribution in [0.4, 0.5) is 4.79 Å². The van der Waals surface area contributed by atoms with Crippen LogP contribution < -0.4 is 22.1 Å². The number of carboxylic acid groups (broad SMARTS) is 2. The molecule has 3 amide bonds. The molecule has 0 saturated carbocycles. The highest BCUT2D eigenvalue weighted by Gasteiger charge is 2.21. The number of carbonyl (C=O) groups excluding carboxylic acids is 2. The third-order valence-corrected chi connectivity index (χ3v) is 3.67. The number of nitrogens with two attached hydrogens (primary N) is 2. The van der Waals surface area contributed by atoms with E-state index in [4.69, 9.17) is 26.2 Å². The largest absolute Gasteiger partial charge is 0.481 e. The molecule has 0 unspecified atom stereocenters. The number of rotatable bonds is 12. The third kappa shape index (κ3) is 12.3. The Bertz CT molecular complexity index is 692. The Labute approximate surface area is 173 Å². The van der Waals surface area contributed by atoms with E-state index in [0.29, 0.717) is 0 Å². The van der Waals surface area contributed by atoms with Gasteiger partial charge in [-0.2, -0.15) is 4.98 Å². The second-order valence-corrected chi connectivity index (χ2v) is 6.31. The second kappa shape index (κ2) is 14.7. The van der Waals surface area contributed by atoms with Crippen molar-refractivity contribution in [3.8, 4) is 0 Å². The first kappa shape index (κ1) is 26.8. The highest BCUT2D eigenvalue weighted by atomic mass is 16.5. The van der Waals surface area contributed by atoms with Gasteiger partial charge in [-0.05, 0) is 12.8 Å². The third-order valence-electron chi connectivity index (χ3n) is 3.67. The molecule has 13 nitrogen and oxygen atoms in total. The van der Waals surface area contributed by atoms with Crippen molar-refractivity contribution in [2.45, 2.75) is 71.0 Å². The van der Waals surface area contributed by atoms with Crippen LogP contribution in [0.3, 0.4) is 0 Å². The van der Waals surface area contributed by atoms with Gasteiger partial charge in [-0.25, -0.2) is 9.59 Å². The summed E-state index contributed by atoms with van der Waals surface area (Å²) in [5.41, 5.74) is 10.8. The van der Waals surface area contributed by atoms with Crippen molar-refractivity contribution in [3.05, 3.63) is 11.7 Å². The number of hydrogen-bond acceptors (Lipinski definition) is 8. The average Bonchev–Trinajstić information content (AvgIpc) is 3.16. The van der Waals surface area contributed by atoms with E-state index < -0.39 is 42.4 Å². The minimum atomic E-state index is -1.36. The van der Waals surface area contributed by atoms with Crippen molar-refractivity contribution in [2.24, 2.45) is 11.5 Å². The van der Waals surface area contributed by atoms with E-state index in [1.165, 1.54) is 12.8 Å². The smallest absolute Gasteiger partial charge is 0.326 e. The summed E-state index contributed by atoms with van der Waals surface area (Å²) >= 11 is 0. The number of nitrogens with zero attached hydrogens (tertiary/aromatic N) is 2. The average molecular weight is 430 g/mol. The number of amides is 3. The van der Waals surface area contributed by atoms with Crippen LogP contribution in [0.5, 0.6) is 0 Å². The van der Waals surface area contributed by atoms with Crippen molar-refractivity contribution in [1.29, 1.82) is 0 Å². The summed E-state index contributed by atoms with van der Waals surface area (Å²) in [6.45, 7) is 4.16. The van der Waals surface area contributed by atoms with Gasteiger partial charge in [-0.3, -0.25) is 9.59 Å². The fraction of sp³-hybridized carbons (Fsp3) is 0.647. The zero-order valence-corrected chi connectivity index (χ0v) is 17.1. The molecular weight excluding hydrogens is 400 g/mol. The van der Waals surface area contributed by atoms with Gasteiger partial charge in [0.15, 0.2) is 5.82 Å². The van der Waals surface area contributed by atoms with E-state index in [-0.39, 0.29) is 37.5 Å². The van der Waals surface area contributed by atoms with Crippen LogP contribution in [0.2, 0.25) is 0 Å². The summed E-state index contributed by atoms with van der Waals surface area (Å²) in [6.07, 6.45) is 2.25. The minimum absolute atomic E-state index is 0.0158. The molecule has 0 bridgehead atoms. The fourth-order valence-corrected chi connectivity index (χ4v) is 1.81. The molecule has 8 N–H and O–H groups in total. The number of carbonyl (C=O) groups is 4. The Morgan fingerprint density at radius 2 is 1.73 bits per heavy atom. The lowest BCUT2D eigenvalue weighted by molar-refractivity contribution is -0.140. The Morgan fingerprint density at radius 1 is 1.10 bits per heavy atom. The van der Waals surface area contributed by atoms with Gasteiger partial charge in [0.1, 0.15) is 6.04 Å². The van der Waals surface area contributed by atoms with Crippen LogP contribution in [0.25, 0.3) is 0 Å². The van der Waals surface area contributed by atoms with E-state index in [1.54, 1.807) is 0 Å². The monoisotopic (exact) mass is 430 g/mol. The van der Waals surface area contributed by atoms with Crippen molar-refractivity contribution in [1.82, 2.24) is 20.8 Å². The van der Waals surface area contributed by atoms with Gasteiger partial charge in [-0.1, -0.05) is 31.8 Å². The van der Waals surface area contributed by atoms with Crippen LogP contribution in [0.15, 0.2) is 4.52 Å². The number of urea groups is 1. The SMILES string of the molecule is CCCC.NC(=O)CC[C@H](N)c1noc(CNC(=O)N[C@@H](CCC(=O)O)C(=O)O)n1. The van der Waals surface area contributed by atoms with Gasteiger partial charge in [0, 0.05) is 12.8 Å². The van der Waals surface area contributed by atoms with Gasteiger partial charge < -0.3 is 36.8 Å². The number of unbranched alkanes of at least 4 members (excludes halogenated alkanes) is 1. The molecule has 0 aliphatic carbocycles. The molecule has 13 heteroatoms. The van der Waals surface area contributed by atoms with E-state index in [0.717, 1.165) is 0 Å². The van der Waals surface area contributed by atoms with E-state index in [9.17, 15) is 19.2 Å². The van der Waals surface area contributed by atoms with Gasteiger partial charge in [0.05, 0.1) is 12.6 Å². The molecule has 170 valence electrons. The molecule has 30 heavy (non-hydrogen) atoms. The lowest BCUT2D eigenvalue weighted by atomic mass is 10.1. The van der Waals surface area contributed by atoms with E-state index >= 15 is 0 Å². The fourth-order valence-electron chi connectivity index (χ4n) is 1.81. The zero-order valence-electron chi connectivity index (χ0n) is 17.1. The number of aliphatic carboxylic acids is 2. The Kier molecular flexibility index (Phi) is 13.2. The molecule has 1 aromatic rings. The summed E-state index contributed by atoms with van der Waals surface area (Å²) in [7, 11) is 0. The molecule has 0 fully saturated rings. The summed E-state index contributed by atoms with van der Waals surface area (Å²) in [4.78, 5) is 47.8. The number of primary amides is 1. The van der Waals surface area contributed by atoms with Crippen LogP contribution in [-0.2, 0) is 20.9 Å². The first-order chi connectivity index (χ1) is 14.1. The van der Waals surface area contributed by atoms with Crippen molar-refractivity contribution >= 4 is 23.9 Å². The maximum Gasteiger partial charge on any atom is 0.326 e. The molecule has 0 saturated heterocycles. The summed E-state index contributed by atoms with van der Waals surface area (Å²) in [5.74, 6) is -2.90. The summed E-state index contributed by atoms with van der Waals surface area (Å²) in [6, 6.07) is -2.87. The zero-order chi connectivity index (χ0) is 23.1. The molecule has 1 heterocycles. The highest BCUT2D eigenvalue weighted by Crippen LogP contribution is 2.12. The lowest BCUT2D eigenvalue weighted by Crippen LogP contribution is -2.46. The molecule has 1 rings (SSSR count). The highest BCUT2D eigenvalue weighted by molar-refractivity contribution is 5.82. The van der Waals surface area contributed by atoms with Gasteiger partial charge in [-0.15, -0.1) is 0 Å². The quantitative estimate of drug-likeness (QED) is 0.265. The van der Waals surface area contributed by atoms with Crippen molar-refractivity contribution < 1.29 is 33.9 Å². The number of aromatic nitrogens is 2. The number of hydrogen-bond donors (Lipinski definition) is 6. The maximum absolute atomic E-state index is 11.7. The van der Waals surface area contributed by atoms with Crippen LogP contribution in [0.1, 0.15) is 70.1 Å². The molecule has 0 aliphatic heterocycles. The van der Waals surface area contributed by atoms with E-state index in [1.807, 2.05) is 0 Å². The Morgan fingerprint density at radius 3 is 2.23 bits per heavy atom. The van der Waals surface area contributed by atoms with E-state index in [2.05, 4.69) is 34.6 Å². The lowest BCUT2D eigenvalue weighted by Gasteiger charge is -2.13. The molecule has 0 spiro atoms. The van der Waals surface area contributed by atoms with Crippen LogP contribution >= 0.6 is 0 Å². The topological polar surface area (TPSA) is 224 Å². The van der Waals surface area contributed by atoms with Gasteiger partial charge >= 0.3 is 18.0 Å². The first-order valence-electron chi connectivity index (χ1n) is 9.45.